The number of ketones is 1. The van der Waals surface area contributed by atoms with Gasteiger partial charge in [0.1, 0.15) is 5.78 Å². The van der Waals surface area contributed by atoms with Crippen LogP contribution in [0.15, 0.2) is 24.5 Å². The minimum absolute atomic E-state index is 0.212. The highest BCUT2D eigenvalue weighted by Crippen LogP contribution is 2.00. The van der Waals surface area contributed by atoms with Gasteiger partial charge in [-0.1, -0.05) is 19.4 Å². The van der Waals surface area contributed by atoms with Crippen LogP contribution in [0.1, 0.15) is 31.7 Å². The molecule has 0 unspecified atom stereocenters. The molecule has 0 spiro atoms. The van der Waals surface area contributed by atoms with E-state index in [2.05, 4.69) is 11.9 Å². The van der Waals surface area contributed by atoms with Gasteiger partial charge in [-0.15, -0.1) is 0 Å². The number of nitrogens with zero attached hydrogens (tertiary/aromatic N) is 1. The van der Waals surface area contributed by atoms with E-state index >= 15 is 0 Å². The molecule has 3 heteroatoms. The first-order chi connectivity index (χ1) is 7.83. The fraction of sp³-hybridized carbons (Fsp3) is 0.538. The molecular formula is C13H19NO2. The maximum absolute atomic E-state index is 11.5. The number of Topliss-reactive ketones (excluding diaryl/α,β-unsaturated/α-hetero) is 1. The molecule has 1 heterocycles. The molecule has 0 fully saturated rings. The van der Waals surface area contributed by atoms with Crippen molar-refractivity contribution in [1.82, 2.24) is 4.98 Å². The average molecular weight is 221 g/mol. The Hall–Kier alpha value is -1.22. The van der Waals surface area contributed by atoms with Crippen LogP contribution in [-0.2, 0) is 16.0 Å². The number of unbranched alkanes of at least 4 members (excludes halogenated alkanes) is 1. The van der Waals surface area contributed by atoms with Crippen LogP contribution in [-0.4, -0.2) is 24.0 Å². The van der Waals surface area contributed by atoms with E-state index < -0.39 is 0 Å². The topological polar surface area (TPSA) is 39.2 Å². The molecule has 88 valence electrons. The summed E-state index contributed by atoms with van der Waals surface area (Å²) in [5.74, 6) is 0.212. The maximum atomic E-state index is 11.5. The molecule has 0 N–H and O–H groups in total. The Bertz CT molecular complexity index is 298. The second-order valence-corrected chi connectivity index (χ2v) is 3.79. The molecular weight excluding hydrogens is 202 g/mol. The Morgan fingerprint density at radius 3 is 3.00 bits per heavy atom. The predicted octanol–water partition coefficient (Wildman–Crippen LogP) is 2.40. The summed E-state index contributed by atoms with van der Waals surface area (Å²) in [7, 11) is 0. The van der Waals surface area contributed by atoms with Crippen molar-refractivity contribution in [2.75, 3.05) is 13.2 Å². The van der Waals surface area contributed by atoms with E-state index in [-0.39, 0.29) is 5.78 Å². The molecule has 0 aliphatic carbocycles. The van der Waals surface area contributed by atoms with Gasteiger partial charge in [-0.25, -0.2) is 0 Å². The van der Waals surface area contributed by atoms with E-state index in [4.69, 9.17) is 4.74 Å². The van der Waals surface area contributed by atoms with Gasteiger partial charge < -0.3 is 4.74 Å². The SMILES string of the molecule is CCCCOCCC(=O)Cc1cccnc1. The van der Waals surface area contributed by atoms with Crippen molar-refractivity contribution >= 4 is 5.78 Å². The van der Waals surface area contributed by atoms with E-state index in [1.165, 1.54) is 0 Å². The Morgan fingerprint density at radius 2 is 2.31 bits per heavy atom. The van der Waals surface area contributed by atoms with E-state index in [1.807, 2.05) is 12.1 Å². The number of carbonyl (C=O) groups is 1. The monoisotopic (exact) mass is 221 g/mol. The molecule has 0 aromatic carbocycles. The van der Waals surface area contributed by atoms with Crippen LogP contribution in [0.4, 0.5) is 0 Å². The van der Waals surface area contributed by atoms with Gasteiger partial charge in [0.15, 0.2) is 0 Å². The molecule has 0 saturated carbocycles. The summed E-state index contributed by atoms with van der Waals surface area (Å²) in [5, 5.41) is 0. The summed E-state index contributed by atoms with van der Waals surface area (Å²) in [5.41, 5.74) is 0.973. The van der Waals surface area contributed by atoms with E-state index in [0.717, 1.165) is 25.0 Å². The molecule has 1 aromatic rings. The van der Waals surface area contributed by atoms with Gasteiger partial charge >= 0.3 is 0 Å². The fourth-order valence-corrected chi connectivity index (χ4v) is 1.35. The molecule has 0 saturated heterocycles. The highest BCUT2D eigenvalue weighted by atomic mass is 16.5. The lowest BCUT2D eigenvalue weighted by molar-refractivity contribution is -0.119. The standard InChI is InChI=1S/C13H19NO2/c1-2-3-8-16-9-6-13(15)10-12-5-4-7-14-11-12/h4-5,7,11H,2-3,6,8-10H2,1H3. The molecule has 16 heavy (non-hydrogen) atoms. The Labute approximate surface area is 96.8 Å². The van der Waals surface area contributed by atoms with Crippen molar-refractivity contribution in [2.45, 2.75) is 32.6 Å². The molecule has 0 aliphatic heterocycles. The predicted molar refractivity (Wildman–Crippen MR) is 63.3 cm³/mol. The molecule has 0 atom stereocenters. The van der Waals surface area contributed by atoms with Crippen LogP contribution in [0.2, 0.25) is 0 Å². The highest BCUT2D eigenvalue weighted by molar-refractivity contribution is 5.80. The lowest BCUT2D eigenvalue weighted by Crippen LogP contribution is -2.07. The van der Waals surface area contributed by atoms with Gasteiger partial charge in [0.2, 0.25) is 0 Å². The van der Waals surface area contributed by atoms with Crippen molar-refractivity contribution < 1.29 is 9.53 Å². The van der Waals surface area contributed by atoms with Crippen molar-refractivity contribution in [3.05, 3.63) is 30.1 Å². The summed E-state index contributed by atoms with van der Waals surface area (Å²) in [4.78, 5) is 15.5. The zero-order chi connectivity index (χ0) is 11.6. The van der Waals surface area contributed by atoms with Crippen LogP contribution < -0.4 is 0 Å². The summed E-state index contributed by atoms with van der Waals surface area (Å²) in [6.07, 6.45) is 6.60. The van der Waals surface area contributed by atoms with Crippen LogP contribution >= 0.6 is 0 Å². The number of hydrogen-bond donors (Lipinski definition) is 0. The first kappa shape index (κ1) is 12.8. The number of carbonyl (C=O) groups excluding carboxylic acids is 1. The minimum atomic E-state index is 0.212. The Balaban J connectivity index is 2.12. The second-order valence-electron chi connectivity index (χ2n) is 3.79. The lowest BCUT2D eigenvalue weighted by Gasteiger charge is -2.02. The van der Waals surface area contributed by atoms with Crippen LogP contribution in [0.25, 0.3) is 0 Å². The van der Waals surface area contributed by atoms with E-state index in [0.29, 0.717) is 19.4 Å². The van der Waals surface area contributed by atoms with Crippen LogP contribution in [0, 0.1) is 0 Å². The fourth-order valence-electron chi connectivity index (χ4n) is 1.35. The smallest absolute Gasteiger partial charge is 0.139 e. The third-order valence-electron chi connectivity index (χ3n) is 2.29. The van der Waals surface area contributed by atoms with Crippen molar-refractivity contribution in [3.8, 4) is 0 Å². The third kappa shape index (κ3) is 5.61. The first-order valence-electron chi connectivity index (χ1n) is 5.81. The highest BCUT2D eigenvalue weighted by Gasteiger charge is 2.03. The second kappa shape index (κ2) is 7.99. The van der Waals surface area contributed by atoms with Gasteiger partial charge in [0.25, 0.3) is 0 Å². The maximum Gasteiger partial charge on any atom is 0.139 e. The normalized spacial score (nSPS) is 10.3. The number of hydrogen-bond acceptors (Lipinski definition) is 3. The molecule has 0 aliphatic rings. The number of ether oxygens (including phenoxy) is 1. The zero-order valence-electron chi connectivity index (χ0n) is 9.82. The third-order valence-corrected chi connectivity index (χ3v) is 2.29. The van der Waals surface area contributed by atoms with Gasteiger partial charge in [0.05, 0.1) is 6.61 Å². The molecule has 0 amide bonds. The Morgan fingerprint density at radius 1 is 1.44 bits per heavy atom. The van der Waals surface area contributed by atoms with Gasteiger partial charge in [-0.3, -0.25) is 9.78 Å². The molecule has 1 aromatic heterocycles. The van der Waals surface area contributed by atoms with Gasteiger partial charge in [-0.2, -0.15) is 0 Å². The quantitative estimate of drug-likeness (QED) is 0.633. The largest absolute Gasteiger partial charge is 0.381 e. The van der Waals surface area contributed by atoms with Crippen molar-refractivity contribution in [3.63, 3.8) is 0 Å². The summed E-state index contributed by atoms with van der Waals surface area (Å²) in [6, 6.07) is 3.77. The first-order valence-corrected chi connectivity index (χ1v) is 5.81. The number of aromatic nitrogens is 1. The van der Waals surface area contributed by atoms with Crippen LogP contribution in [0.5, 0.6) is 0 Å². The minimum Gasteiger partial charge on any atom is -0.381 e. The molecule has 1 rings (SSSR count). The lowest BCUT2D eigenvalue weighted by atomic mass is 10.1. The van der Waals surface area contributed by atoms with E-state index in [1.54, 1.807) is 12.4 Å². The number of pyridine rings is 1. The molecule has 0 radical (unpaired) electrons. The van der Waals surface area contributed by atoms with Crippen molar-refractivity contribution in [2.24, 2.45) is 0 Å². The zero-order valence-corrected chi connectivity index (χ0v) is 9.82. The molecule has 3 nitrogen and oxygen atoms in total. The number of rotatable bonds is 8. The Kier molecular flexibility index (Phi) is 6.42. The average Bonchev–Trinajstić information content (AvgIpc) is 2.30. The van der Waals surface area contributed by atoms with Crippen molar-refractivity contribution in [1.29, 1.82) is 0 Å². The summed E-state index contributed by atoms with van der Waals surface area (Å²) in [6.45, 7) is 3.42. The van der Waals surface area contributed by atoms with Crippen LogP contribution in [0.3, 0.4) is 0 Å². The summed E-state index contributed by atoms with van der Waals surface area (Å²) >= 11 is 0. The van der Waals surface area contributed by atoms with Gasteiger partial charge in [-0.05, 0) is 18.1 Å². The van der Waals surface area contributed by atoms with E-state index in [9.17, 15) is 4.79 Å². The molecule has 0 bridgehead atoms. The summed E-state index contributed by atoms with van der Waals surface area (Å²) < 4.78 is 5.35. The van der Waals surface area contributed by atoms with Gasteiger partial charge in [0, 0.05) is 31.8 Å².